The fourth-order valence-electron chi connectivity index (χ4n) is 2.35. The number of Topliss-reactive ketones (excluding diaryl/α,β-unsaturated/α-hetero) is 1. The summed E-state index contributed by atoms with van der Waals surface area (Å²) in [5.74, 6) is 1.35. The van der Waals surface area contributed by atoms with E-state index in [0.717, 1.165) is 17.1 Å². The smallest absolute Gasteiger partial charge is 0.170 e. The van der Waals surface area contributed by atoms with E-state index in [1.54, 1.807) is 44.6 Å². The summed E-state index contributed by atoms with van der Waals surface area (Å²) in [7, 11) is 3.23. The first-order valence-electron chi connectivity index (χ1n) is 7.12. The average molecular weight is 296 g/mol. The second-order valence-corrected chi connectivity index (χ2v) is 4.94. The summed E-state index contributed by atoms with van der Waals surface area (Å²) in [5.41, 5.74) is 1.63. The van der Waals surface area contributed by atoms with Gasteiger partial charge in [0.2, 0.25) is 0 Å². The van der Waals surface area contributed by atoms with Crippen LogP contribution < -0.4 is 9.47 Å². The van der Waals surface area contributed by atoms with E-state index in [4.69, 9.17) is 9.47 Å². The Morgan fingerprint density at radius 2 is 1.50 bits per heavy atom. The van der Waals surface area contributed by atoms with E-state index in [9.17, 15) is 4.79 Å². The van der Waals surface area contributed by atoms with Gasteiger partial charge in [-0.25, -0.2) is 0 Å². The maximum absolute atomic E-state index is 12.8. The maximum atomic E-state index is 12.8. The Bertz CT molecular complexity index is 627. The van der Waals surface area contributed by atoms with Gasteiger partial charge in [-0.2, -0.15) is 0 Å². The summed E-state index contributed by atoms with van der Waals surface area (Å²) in [6.45, 7) is 3.77. The van der Waals surface area contributed by atoms with Crippen molar-refractivity contribution < 1.29 is 14.3 Å². The highest BCUT2D eigenvalue weighted by atomic mass is 16.5. The van der Waals surface area contributed by atoms with Crippen LogP contribution in [0.1, 0.15) is 28.3 Å². The summed E-state index contributed by atoms with van der Waals surface area (Å²) < 4.78 is 10.3. The fourth-order valence-corrected chi connectivity index (χ4v) is 2.35. The van der Waals surface area contributed by atoms with Crippen LogP contribution in [0.15, 0.2) is 61.2 Å². The second-order valence-electron chi connectivity index (χ2n) is 4.94. The predicted octanol–water partition coefficient (Wildman–Crippen LogP) is 4.25. The second kappa shape index (κ2) is 7.46. The molecule has 1 atom stereocenters. The van der Waals surface area contributed by atoms with E-state index < -0.39 is 0 Å². The van der Waals surface area contributed by atoms with E-state index in [1.807, 2.05) is 24.3 Å². The van der Waals surface area contributed by atoms with Crippen molar-refractivity contribution >= 4 is 5.78 Å². The zero-order valence-corrected chi connectivity index (χ0v) is 12.9. The maximum Gasteiger partial charge on any atom is 0.170 e. The lowest BCUT2D eigenvalue weighted by Gasteiger charge is -2.15. The molecule has 0 N–H and O–H groups in total. The van der Waals surface area contributed by atoms with Crippen LogP contribution in [0.4, 0.5) is 0 Å². The van der Waals surface area contributed by atoms with Gasteiger partial charge in [-0.3, -0.25) is 4.79 Å². The number of carbonyl (C=O) groups excluding carboxylic acids is 1. The van der Waals surface area contributed by atoms with Crippen molar-refractivity contribution in [1.82, 2.24) is 0 Å². The molecule has 2 aromatic carbocycles. The number of methoxy groups -OCH3 is 2. The molecule has 0 spiro atoms. The van der Waals surface area contributed by atoms with Crippen molar-refractivity contribution in [3.63, 3.8) is 0 Å². The zero-order valence-electron chi connectivity index (χ0n) is 12.9. The zero-order chi connectivity index (χ0) is 15.9. The van der Waals surface area contributed by atoms with Gasteiger partial charge in [0.15, 0.2) is 5.78 Å². The van der Waals surface area contributed by atoms with Crippen LogP contribution in [0, 0.1) is 0 Å². The Morgan fingerprint density at radius 1 is 1.00 bits per heavy atom. The molecule has 3 nitrogen and oxygen atoms in total. The molecule has 3 heteroatoms. The van der Waals surface area contributed by atoms with Gasteiger partial charge in [0.1, 0.15) is 11.5 Å². The van der Waals surface area contributed by atoms with Crippen molar-refractivity contribution in [3.05, 3.63) is 72.3 Å². The summed E-state index contributed by atoms with van der Waals surface area (Å²) in [5, 5.41) is 0. The lowest BCUT2D eigenvalue weighted by molar-refractivity contribution is 0.0960. The first-order valence-corrected chi connectivity index (χ1v) is 7.12. The fraction of sp³-hybridized carbons (Fsp3) is 0.211. The van der Waals surface area contributed by atoms with Gasteiger partial charge in [-0.15, -0.1) is 6.58 Å². The molecule has 1 unspecified atom stereocenters. The minimum absolute atomic E-state index is 0.0766. The third kappa shape index (κ3) is 3.55. The molecule has 0 aliphatic heterocycles. The molecule has 0 heterocycles. The van der Waals surface area contributed by atoms with Gasteiger partial charge in [-0.1, -0.05) is 18.2 Å². The standard InChI is InChI=1S/C19H20O3/c1-4-5-18(14-6-10-16(21-2)11-7-14)19(20)15-8-12-17(22-3)13-9-15/h4,6-13,18H,1,5H2,2-3H3. The summed E-state index contributed by atoms with van der Waals surface area (Å²) >= 11 is 0. The quantitative estimate of drug-likeness (QED) is 0.566. The topological polar surface area (TPSA) is 35.5 Å². The minimum Gasteiger partial charge on any atom is -0.497 e. The molecular weight excluding hydrogens is 276 g/mol. The van der Waals surface area contributed by atoms with E-state index in [0.29, 0.717) is 12.0 Å². The van der Waals surface area contributed by atoms with Crippen LogP contribution in [0.3, 0.4) is 0 Å². The number of benzene rings is 2. The average Bonchev–Trinajstić information content (AvgIpc) is 2.59. The Kier molecular flexibility index (Phi) is 5.37. The number of allylic oxidation sites excluding steroid dienone is 1. The first-order chi connectivity index (χ1) is 10.7. The monoisotopic (exact) mass is 296 g/mol. The Hall–Kier alpha value is -2.55. The van der Waals surface area contributed by atoms with E-state index in [2.05, 4.69) is 6.58 Å². The molecule has 0 aromatic heterocycles. The van der Waals surface area contributed by atoms with E-state index >= 15 is 0 Å². The molecule has 114 valence electrons. The number of ketones is 1. The highest BCUT2D eigenvalue weighted by Gasteiger charge is 2.21. The molecule has 0 radical (unpaired) electrons. The van der Waals surface area contributed by atoms with E-state index in [1.165, 1.54) is 0 Å². The minimum atomic E-state index is -0.239. The van der Waals surface area contributed by atoms with Crippen LogP contribution in [0.25, 0.3) is 0 Å². The Balaban J connectivity index is 2.28. The molecule has 0 bridgehead atoms. The molecule has 0 aliphatic rings. The van der Waals surface area contributed by atoms with Crippen LogP contribution in [0.2, 0.25) is 0 Å². The number of hydrogen-bond donors (Lipinski definition) is 0. The van der Waals surface area contributed by atoms with Crippen LogP contribution in [-0.4, -0.2) is 20.0 Å². The molecule has 0 saturated heterocycles. The first kappa shape index (κ1) is 15.8. The van der Waals surface area contributed by atoms with Gasteiger partial charge < -0.3 is 9.47 Å². The van der Waals surface area contributed by atoms with Gasteiger partial charge in [0, 0.05) is 5.56 Å². The largest absolute Gasteiger partial charge is 0.497 e. The van der Waals surface area contributed by atoms with Crippen molar-refractivity contribution in [3.8, 4) is 11.5 Å². The van der Waals surface area contributed by atoms with Gasteiger partial charge >= 0.3 is 0 Å². The van der Waals surface area contributed by atoms with Crippen molar-refractivity contribution in [1.29, 1.82) is 0 Å². The van der Waals surface area contributed by atoms with E-state index in [-0.39, 0.29) is 11.7 Å². The molecule has 0 saturated carbocycles. The molecule has 22 heavy (non-hydrogen) atoms. The Morgan fingerprint density at radius 3 is 1.95 bits per heavy atom. The van der Waals surface area contributed by atoms with Crippen molar-refractivity contribution in [2.75, 3.05) is 14.2 Å². The normalized spacial score (nSPS) is 11.5. The highest BCUT2D eigenvalue weighted by molar-refractivity contribution is 6.01. The molecular formula is C19H20O3. The lowest BCUT2D eigenvalue weighted by Crippen LogP contribution is -2.12. The third-order valence-corrected chi connectivity index (χ3v) is 3.61. The number of hydrogen-bond acceptors (Lipinski definition) is 3. The van der Waals surface area contributed by atoms with Crippen LogP contribution in [0.5, 0.6) is 11.5 Å². The third-order valence-electron chi connectivity index (χ3n) is 3.61. The molecule has 0 amide bonds. The molecule has 2 rings (SSSR count). The van der Waals surface area contributed by atoms with Crippen LogP contribution in [-0.2, 0) is 0 Å². The number of ether oxygens (including phenoxy) is 2. The number of rotatable bonds is 7. The summed E-state index contributed by atoms with van der Waals surface area (Å²) in [6.07, 6.45) is 2.37. The number of carbonyl (C=O) groups is 1. The van der Waals surface area contributed by atoms with Crippen LogP contribution >= 0.6 is 0 Å². The van der Waals surface area contributed by atoms with Crippen molar-refractivity contribution in [2.24, 2.45) is 0 Å². The highest BCUT2D eigenvalue weighted by Crippen LogP contribution is 2.27. The molecule has 0 aliphatic carbocycles. The van der Waals surface area contributed by atoms with Crippen molar-refractivity contribution in [2.45, 2.75) is 12.3 Å². The van der Waals surface area contributed by atoms with Gasteiger partial charge in [-0.05, 0) is 48.4 Å². The summed E-state index contributed by atoms with van der Waals surface area (Å²) in [6, 6.07) is 14.8. The van der Waals surface area contributed by atoms with Gasteiger partial charge in [0.05, 0.1) is 20.1 Å². The molecule has 0 fully saturated rings. The Labute approximate surface area is 131 Å². The SMILES string of the molecule is C=CCC(C(=O)c1ccc(OC)cc1)c1ccc(OC)cc1. The predicted molar refractivity (Wildman–Crippen MR) is 87.9 cm³/mol. The van der Waals surface area contributed by atoms with Gasteiger partial charge in [0.25, 0.3) is 0 Å². The molecule has 2 aromatic rings. The lowest BCUT2D eigenvalue weighted by atomic mass is 9.88. The summed E-state index contributed by atoms with van der Waals surface area (Å²) in [4.78, 5) is 12.8.